The highest BCUT2D eigenvalue weighted by atomic mass is 19.1. The van der Waals surface area contributed by atoms with Crippen molar-refractivity contribution in [3.63, 3.8) is 0 Å². The summed E-state index contributed by atoms with van der Waals surface area (Å²) in [6, 6.07) is 11.0. The normalized spacial score (nSPS) is 10.5. The van der Waals surface area contributed by atoms with Gasteiger partial charge in [0.05, 0.1) is 12.3 Å². The zero-order valence-corrected chi connectivity index (χ0v) is 20.8. The van der Waals surface area contributed by atoms with E-state index in [2.05, 4.69) is 4.98 Å². The van der Waals surface area contributed by atoms with E-state index < -0.39 is 41.6 Å². The summed E-state index contributed by atoms with van der Waals surface area (Å²) >= 11 is 0. The summed E-state index contributed by atoms with van der Waals surface area (Å²) in [6.45, 7) is 1.26. The number of aromatic nitrogens is 1. The number of nitrogen functional groups attached to an aromatic ring is 2. The summed E-state index contributed by atoms with van der Waals surface area (Å²) in [4.78, 5) is 18.8. The quantitative estimate of drug-likeness (QED) is 0.159. The van der Waals surface area contributed by atoms with Crippen LogP contribution in [-0.2, 0) is 9.53 Å². The fraction of sp³-hybridized carbons (Fsp3) is 0.240. The molecule has 0 aliphatic carbocycles. The van der Waals surface area contributed by atoms with Crippen LogP contribution >= 0.6 is 0 Å². The number of nitrogens with two attached hydrogens (primary N) is 2. The van der Waals surface area contributed by atoms with E-state index in [9.17, 15) is 4.79 Å². The first-order chi connectivity index (χ1) is 17.5. The fourth-order valence-corrected chi connectivity index (χ4v) is 3.27. The van der Waals surface area contributed by atoms with E-state index in [1.807, 2.05) is 25.1 Å². The Kier molecular flexibility index (Phi) is 8.33. The number of hydrogen-bond acceptors (Lipinski definition) is 9. The van der Waals surface area contributed by atoms with E-state index in [0.717, 1.165) is 10.6 Å². The van der Waals surface area contributed by atoms with Crippen molar-refractivity contribution in [3.05, 3.63) is 59.7 Å². The fourth-order valence-electron chi connectivity index (χ4n) is 3.27. The number of benzene rings is 2. The maximum absolute atomic E-state index is 15.6. The molecule has 0 unspecified atom stereocenters. The molecule has 0 amide bonds. The predicted molar refractivity (Wildman–Crippen MR) is 137 cm³/mol. The van der Waals surface area contributed by atoms with Crippen molar-refractivity contribution in [3.8, 4) is 23.3 Å². The van der Waals surface area contributed by atoms with Gasteiger partial charge in [0.2, 0.25) is 11.6 Å². The summed E-state index contributed by atoms with van der Waals surface area (Å²) in [5.41, 5.74) is 12.0. The number of carbonyl (C=O) groups excluding carboxylic acids is 1. The molecule has 0 aliphatic heterocycles. The maximum Gasteiger partial charge on any atom is 0.325 e. The number of anilines is 3. The van der Waals surface area contributed by atoms with Gasteiger partial charge in [-0.05, 0) is 37.3 Å². The van der Waals surface area contributed by atoms with Crippen molar-refractivity contribution in [1.82, 2.24) is 4.98 Å². The van der Waals surface area contributed by atoms with E-state index in [0.29, 0.717) is 0 Å². The molecule has 1 heterocycles. The van der Waals surface area contributed by atoms with E-state index in [1.54, 1.807) is 25.1 Å². The molecule has 0 aliphatic rings. The van der Waals surface area contributed by atoms with Crippen LogP contribution in [0.25, 0.3) is 0 Å². The van der Waals surface area contributed by atoms with Crippen molar-refractivity contribution >= 4 is 28.9 Å². The Morgan fingerprint density at radius 1 is 1.05 bits per heavy atom. The molecule has 0 radical (unpaired) electrons. The molecule has 2 aromatic carbocycles. The third-order valence-electron chi connectivity index (χ3n) is 5.13. The average Bonchev–Trinajstić information content (AvgIpc) is 2.83. The molecular formula is C25H28F2N6O4. The van der Waals surface area contributed by atoms with Crippen molar-refractivity contribution in [2.45, 2.75) is 6.92 Å². The van der Waals surface area contributed by atoms with E-state index in [4.69, 9.17) is 31.1 Å². The van der Waals surface area contributed by atoms with Gasteiger partial charge in [-0.2, -0.15) is 13.8 Å². The highest BCUT2D eigenvalue weighted by molar-refractivity contribution is 5.95. The van der Waals surface area contributed by atoms with E-state index in [-0.39, 0.29) is 35.2 Å². The maximum atomic E-state index is 15.6. The Bertz CT molecular complexity index is 1320. The molecule has 0 atom stereocenters. The lowest BCUT2D eigenvalue weighted by atomic mass is 10.2. The van der Waals surface area contributed by atoms with Gasteiger partial charge in [0.1, 0.15) is 23.8 Å². The minimum absolute atomic E-state index is 0.0646. The number of hydrogen-bond donors (Lipinski definition) is 3. The molecule has 12 heteroatoms. The minimum Gasteiger partial charge on any atom is -0.465 e. The van der Waals surface area contributed by atoms with Gasteiger partial charge in [0.15, 0.2) is 5.75 Å². The highest BCUT2D eigenvalue weighted by Gasteiger charge is 2.28. The molecule has 3 aromatic rings. The summed E-state index contributed by atoms with van der Waals surface area (Å²) in [5, 5.41) is 7.62. The number of likely N-dealkylation sites (N-methyl/N-ethyl adjacent to an activating group) is 1. The third kappa shape index (κ3) is 6.34. The number of rotatable bonds is 10. The van der Waals surface area contributed by atoms with Crippen LogP contribution in [0.3, 0.4) is 0 Å². The van der Waals surface area contributed by atoms with Crippen molar-refractivity contribution in [2.75, 3.05) is 49.8 Å². The molecule has 196 valence electrons. The van der Waals surface area contributed by atoms with Gasteiger partial charge in [0, 0.05) is 38.5 Å². The number of carbonyl (C=O) groups is 1. The van der Waals surface area contributed by atoms with Crippen LogP contribution in [-0.4, -0.2) is 51.1 Å². The number of halogens is 2. The minimum atomic E-state index is -1.20. The lowest BCUT2D eigenvalue weighted by Gasteiger charge is -2.22. The SMILES string of the molecule is CCOC(=O)CN(C)c1c(F)c(Oc2cccc(N(C)C)c2)nc(Oc2cc(C(=N)N)ccc2N)c1F. The molecule has 0 saturated heterocycles. The van der Waals surface area contributed by atoms with Gasteiger partial charge in [-0.25, -0.2) is 0 Å². The lowest BCUT2D eigenvalue weighted by Crippen LogP contribution is -2.29. The first-order valence-electron chi connectivity index (χ1n) is 11.1. The highest BCUT2D eigenvalue weighted by Crippen LogP contribution is 2.39. The van der Waals surface area contributed by atoms with Crippen molar-refractivity contribution in [2.24, 2.45) is 5.73 Å². The third-order valence-corrected chi connectivity index (χ3v) is 5.13. The van der Waals surface area contributed by atoms with Crippen LogP contribution in [0.5, 0.6) is 23.3 Å². The lowest BCUT2D eigenvalue weighted by molar-refractivity contribution is -0.141. The molecule has 0 saturated carbocycles. The van der Waals surface area contributed by atoms with Crippen LogP contribution < -0.4 is 30.7 Å². The standard InChI is InChI=1S/C25H28F2N6O4/c1-5-35-19(34)13-33(4)22-20(26)24(36-16-8-6-7-15(12-16)32(2)3)31-25(21(22)27)37-18-11-14(23(29)30)9-10-17(18)28/h6-12H,5,13,28H2,1-4H3,(H3,29,30). The van der Waals surface area contributed by atoms with Crippen LogP contribution in [0.15, 0.2) is 42.5 Å². The summed E-state index contributed by atoms with van der Waals surface area (Å²) in [7, 11) is 4.96. The molecule has 0 bridgehead atoms. The van der Waals surface area contributed by atoms with Crippen LogP contribution in [0.1, 0.15) is 12.5 Å². The number of amidine groups is 1. The second-order valence-corrected chi connectivity index (χ2v) is 8.12. The zero-order chi connectivity index (χ0) is 27.3. The van der Waals surface area contributed by atoms with Gasteiger partial charge >= 0.3 is 5.97 Å². The van der Waals surface area contributed by atoms with Crippen molar-refractivity contribution < 1.29 is 27.8 Å². The van der Waals surface area contributed by atoms with Gasteiger partial charge in [0.25, 0.3) is 11.8 Å². The monoisotopic (exact) mass is 514 g/mol. The van der Waals surface area contributed by atoms with Crippen LogP contribution in [0.2, 0.25) is 0 Å². The number of esters is 1. The van der Waals surface area contributed by atoms with Gasteiger partial charge in [-0.3, -0.25) is 10.2 Å². The van der Waals surface area contributed by atoms with Gasteiger partial charge in [-0.1, -0.05) is 6.07 Å². The number of nitrogens with zero attached hydrogens (tertiary/aromatic N) is 3. The molecule has 5 N–H and O–H groups in total. The number of ether oxygens (including phenoxy) is 3. The molecule has 0 spiro atoms. The molecular weight excluding hydrogens is 486 g/mol. The molecule has 10 nitrogen and oxygen atoms in total. The smallest absolute Gasteiger partial charge is 0.325 e. The average molecular weight is 515 g/mol. The zero-order valence-electron chi connectivity index (χ0n) is 20.8. The molecule has 37 heavy (non-hydrogen) atoms. The van der Waals surface area contributed by atoms with Gasteiger partial charge < -0.3 is 35.5 Å². The molecule has 0 fully saturated rings. The predicted octanol–water partition coefficient (Wildman–Crippen LogP) is 3.88. The Morgan fingerprint density at radius 3 is 2.35 bits per heavy atom. The van der Waals surface area contributed by atoms with E-state index >= 15 is 8.78 Å². The second kappa shape index (κ2) is 11.4. The second-order valence-electron chi connectivity index (χ2n) is 8.12. The first kappa shape index (κ1) is 27.0. The molecule has 3 rings (SSSR count). The topological polar surface area (TPSA) is 140 Å². The summed E-state index contributed by atoms with van der Waals surface area (Å²) in [6.07, 6.45) is 0. The Hall–Kier alpha value is -4.61. The molecule has 1 aromatic heterocycles. The first-order valence-corrected chi connectivity index (χ1v) is 11.1. The Morgan fingerprint density at radius 2 is 1.73 bits per heavy atom. The van der Waals surface area contributed by atoms with E-state index in [1.165, 1.54) is 25.2 Å². The Labute approximate surface area is 212 Å². The van der Waals surface area contributed by atoms with Crippen LogP contribution in [0.4, 0.5) is 25.8 Å². The summed E-state index contributed by atoms with van der Waals surface area (Å²) < 4.78 is 47.4. The number of nitrogens with one attached hydrogen (secondary N) is 1. The largest absolute Gasteiger partial charge is 0.465 e. The number of pyridine rings is 1. The Balaban J connectivity index is 2.11. The summed E-state index contributed by atoms with van der Waals surface area (Å²) in [5.74, 6) is -4.42. The van der Waals surface area contributed by atoms with Crippen LogP contribution in [0, 0.1) is 17.0 Å². The van der Waals surface area contributed by atoms with Gasteiger partial charge in [-0.15, -0.1) is 0 Å². The van der Waals surface area contributed by atoms with Crippen molar-refractivity contribution in [1.29, 1.82) is 5.41 Å².